The quantitative estimate of drug-likeness (QED) is 0.586. The van der Waals surface area contributed by atoms with Crippen LogP contribution in [0.4, 0.5) is 11.4 Å². The van der Waals surface area contributed by atoms with E-state index in [9.17, 15) is 4.79 Å². The van der Waals surface area contributed by atoms with E-state index in [1.807, 2.05) is 19.1 Å². The summed E-state index contributed by atoms with van der Waals surface area (Å²) >= 11 is 0. The molecule has 19 heavy (non-hydrogen) atoms. The molecule has 0 radical (unpaired) electrons. The number of nitrogens with two attached hydrogens (primary N) is 1. The number of aryl methyl sites for hydroxylation is 1. The molecule has 0 aromatic heterocycles. The summed E-state index contributed by atoms with van der Waals surface area (Å²) in [4.78, 5) is 11.8. The Morgan fingerprint density at radius 3 is 2.95 bits per heavy atom. The molecule has 0 bridgehead atoms. The molecule has 2 rings (SSSR count). The lowest BCUT2D eigenvalue weighted by Gasteiger charge is -2.09. The lowest BCUT2D eigenvalue weighted by Crippen LogP contribution is -2.15. The van der Waals surface area contributed by atoms with Crippen molar-refractivity contribution in [2.24, 2.45) is 5.92 Å². The first kappa shape index (κ1) is 13.9. The van der Waals surface area contributed by atoms with Gasteiger partial charge in [-0.05, 0) is 37.0 Å². The fourth-order valence-corrected chi connectivity index (χ4v) is 1.91. The molecule has 0 saturated heterocycles. The Hall–Kier alpha value is -1.55. The molecule has 0 aliphatic heterocycles. The summed E-state index contributed by atoms with van der Waals surface area (Å²) in [6, 6.07) is 5.50. The zero-order chi connectivity index (χ0) is 13.7. The van der Waals surface area contributed by atoms with Gasteiger partial charge in [0.2, 0.25) is 5.91 Å². The van der Waals surface area contributed by atoms with Gasteiger partial charge in [0, 0.05) is 18.0 Å². The molecule has 1 aliphatic carbocycles. The summed E-state index contributed by atoms with van der Waals surface area (Å²) in [5, 5.41) is 2.86. The van der Waals surface area contributed by atoms with Crippen molar-refractivity contribution in [3.05, 3.63) is 23.8 Å². The van der Waals surface area contributed by atoms with Crippen LogP contribution in [0.2, 0.25) is 0 Å². The van der Waals surface area contributed by atoms with Gasteiger partial charge in [-0.3, -0.25) is 4.79 Å². The molecule has 4 heteroatoms. The van der Waals surface area contributed by atoms with Gasteiger partial charge in [0.15, 0.2) is 0 Å². The first-order chi connectivity index (χ1) is 9.15. The Morgan fingerprint density at radius 1 is 1.42 bits per heavy atom. The van der Waals surface area contributed by atoms with Gasteiger partial charge < -0.3 is 15.8 Å². The third kappa shape index (κ3) is 4.91. The van der Waals surface area contributed by atoms with E-state index >= 15 is 0 Å². The van der Waals surface area contributed by atoms with E-state index in [1.165, 1.54) is 12.8 Å². The lowest BCUT2D eigenvalue weighted by atomic mass is 10.2. The third-order valence-electron chi connectivity index (χ3n) is 3.38. The van der Waals surface area contributed by atoms with Gasteiger partial charge >= 0.3 is 0 Å². The highest BCUT2D eigenvalue weighted by Gasteiger charge is 2.20. The Labute approximate surface area is 114 Å². The Balaban J connectivity index is 1.66. The Morgan fingerprint density at radius 2 is 2.21 bits per heavy atom. The predicted octanol–water partition coefficient (Wildman–Crippen LogP) is 2.72. The van der Waals surface area contributed by atoms with Crippen molar-refractivity contribution < 1.29 is 9.53 Å². The molecule has 4 nitrogen and oxygen atoms in total. The highest BCUT2D eigenvalue weighted by molar-refractivity contribution is 5.92. The molecule has 1 aromatic rings. The van der Waals surface area contributed by atoms with Gasteiger partial charge in [0.1, 0.15) is 0 Å². The number of nitrogens with one attached hydrogen (secondary N) is 1. The van der Waals surface area contributed by atoms with Gasteiger partial charge in [-0.15, -0.1) is 0 Å². The first-order valence-electron chi connectivity index (χ1n) is 6.89. The van der Waals surface area contributed by atoms with Gasteiger partial charge in [-0.2, -0.15) is 0 Å². The number of amides is 1. The van der Waals surface area contributed by atoms with Gasteiger partial charge in [0.25, 0.3) is 0 Å². The number of ether oxygens (including phenoxy) is 1. The maximum Gasteiger partial charge on any atom is 0.226 e. The molecule has 104 valence electrons. The van der Waals surface area contributed by atoms with Crippen LogP contribution in [-0.4, -0.2) is 19.1 Å². The first-order valence-corrected chi connectivity index (χ1v) is 6.89. The van der Waals surface area contributed by atoms with Gasteiger partial charge in [-0.1, -0.05) is 18.9 Å². The van der Waals surface area contributed by atoms with E-state index in [-0.39, 0.29) is 5.91 Å². The van der Waals surface area contributed by atoms with Crippen LogP contribution in [0.3, 0.4) is 0 Å². The zero-order valence-corrected chi connectivity index (χ0v) is 11.4. The van der Waals surface area contributed by atoms with Crippen LogP contribution in [0, 0.1) is 12.8 Å². The number of anilines is 2. The van der Waals surface area contributed by atoms with E-state index in [2.05, 4.69) is 5.32 Å². The number of carbonyl (C=O) groups is 1. The fourth-order valence-electron chi connectivity index (χ4n) is 1.91. The molecule has 0 heterocycles. The molecule has 0 spiro atoms. The van der Waals surface area contributed by atoms with Crippen LogP contribution in [-0.2, 0) is 9.53 Å². The molecular weight excluding hydrogens is 240 g/mol. The average molecular weight is 262 g/mol. The highest BCUT2D eigenvalue weighted by atomic mass is 16.5. The molecule has 0 atom stereocenters. The van der Waals surface area contributed by atoms with E-state index < -0.39 is 0 Å². The van der Waals surface area contributed by atoms with Crippen molar-refractivity contribution in [2.75, 3.05) is 24.3 Å². The van der Waals surface area contributed by atoms with Crippen LogP contribution >= 0.6 is 0 Å². The van der Waals surface area contributed by atoms with Gasteiger partial charge in [0.05, 0.1) is 13.0 Å². The summed E-state index contributed by atoms with van der Waals surface area (Å²) < 4.78 is 5.46. The zero-order valence-electron chi connectivity index (χ0n) is 11.4. The standard InChI is InChI=1S/C15H22N2O2/c1-11-2-5-13(16)10-14(11)17-15(18)7-9-19-8-6-12-3-4-12/h2,5,10,12H,3-4,6-9,16H2,1H3,(H,17,18). The van der Waals surface area contributed by atoms with Crippen LogP contribution < -0.4 is 11.1 Å². The van der Waals surface area contributed by atoms with Crippen LogP contribution in [0.15, 0.2) is 18.2 Å². The smallest absolute Gasteiger partial charge is 0.226 e. The molecule has 1 aliphatic rings. The molecule has 1 fully saturated rings. The maximum absolute atomic E-state index is 11.8. The minimum absolute atomic E-state index is 0.0277. The maximum atomic E-state index is 11.8. The summed E-state index contributed by atoms with van der Waals surface area (Å²) in [6.07, 6.45) is 4.21. The van der Waals surface area contributed by atoms with Gasteiger partial charge in [-0.25, -0.2) is 0 Å². The second-order valence-corrected chi connectivity index (χ2v) is 5.22. The largest absolute Gasteiger partial charge is 0.399 e. The van der Waals surface area contributed by atoms with Crippen molar-refractivity contribution in [3.8, 4) is 0 Å². The van der Waals surface area contributed by atoms with Crippen molar-refractivity contribution >= 4 is 17.3 Å². The van der Waals surface area contributed by atoms with Crippen molar-refractivity contribution in [1.82, 2.24) is 0 Å². The molecular formula is C15H22N2O2. The van der Waals surface area contributed by atoms with E-state index in [0.717, 1.165) is 30.2 Å². The summed E-state index contributed by atoms with van der Waals surface area (Å²) in [5.41, 5.74) is 8.15. The summed E-state index contributed by atoms with van der Waals surface area (Å²) in [6.45, 7) is 3.20. The Kier molecular flexibility index (Phi) is 4.80. The van der Waals surface area contributed by atoms with Crippen molar-refractivity contribution in [2.45, 2.75) is 32.6 Å². The SMILES string of the molecule is Cc1ccc(N)cc1NC(=O)CCOCCC1CC1. The summed E-state index contributed by atoms with van der Waals surface area (Å²) in [7, 11) is 0. The molecule has 3 N–H and O–H groups in total. The predicted molar refractivity (Wildman–Crippen MR) is 77.0 cm³/mol. The molecule has 0 unspecified atom stereocenters. The number of carbonyl (C=O) groups excluding carboxylic acids is 1. The van der Waals surface area contributed by atoms with Crippen LogP contribution in [0.5, 0.6) is 0 Å². The Bertz CT molecular complexity index is 442. The minimum atomic E-state index is -0.0277. The minimum Gasteiger partial charge on any atom is -0.399 e. The normalized spacial score (nSPS) is 14.4. The van der Waals surface area contributed by atoms with Crippen LogP contribution in [0.1, 0.15) is 31.2 Å². The molecule has 1 amide bonds. The summed E-state index contributed by atoms with van der Waals surface area (Å²) in [5.74, 6) is 0.851. The number of rotatable bonds is 7. The second-order valence-electron chi connectivity index (χ2n) is 5.22. The average Bonchev–Trinajstić information content (AvgIpc) is 3.17. The molecule has 1 aromatic carbocycles. The van der Waals surface area contributed by atoms with E-state index in [0.29, 0.717) is 18.7 Å². The third-order valence-corrected chi connectivity index (χ3v) is 3.38. The molecule has 1 saturated carbocycles. The number of benzene rings is 1. The lowest BCUT2D eigenvalue weighted by molar-refractivity contribution is -0.117. The van der Waals surface area contributed by atoms with Crippen molar-refractivity contribution in [3.63, 3.8) is 0 Å². The second kappa shape index (κ2) is 6.57. The van der Waals surface area contributed by atoms with Crippen LogP contribution in [0.25, 0.3) is 0 Å². The monoisotopic (exact) mass is 262 g/mol. The highest BCUT2D eigenvalue weighted by Crippen LogP contribution is 2.32. The number of hydrogen-bond acceptors (Lipinski definition) is 3. The van der Waals surface area contributed by atoms with E-state index in [1.54, 1.807) is 6.07 Å². The number of hydrogen-bond donors (Lipinski definition) is 2. The van der Waals surface area contributed by atoms with Crippen molar-refractivity contribution in [1.29, 1.82) is 0 Å². The fraction of sp³-hybridized carbons (Fsp3) is 0.533. The topological polar surface area (TPSA) is 64.3 Å². The van der Waals surface area contributed by atoms with E-state index in [4.69, 9.17) is 10.5 Å². The number of nitrogen functional groups attached to an aromatic ring is 1.